The molecule has 0 aliphatic rings. The second kappa shape index (κ2) is 17.3. The van der Waals surface area contributed by atoms with Crippen LogP contribution in [0.3, 0.4) is 0 Å². The van der Waals surface area contributed by atoms with Crippen LogP contribution >= 0.6 is 0 Å². The molecule has 0 aliphatic heterocycles. The van der Waals surface area contributed by atoms with Crippen LogP contribution in [-0.2, 0) is 51.4 Å². The number of hydrogen-bond donors (Lipinski definition) is 2. The summed E-state index contributed by atoms with van der Waals surface area (Å²) in [5.41, 5.74) is 14.2. The standard InChI is InChI=1S/C47H48N2O/c1-35-31-41(27-23-37-15-7-3-8-16-37)45(42(32-35)28-24-38-17-9-4-10-18-38)48-47(50)49-46-43(29-25-39-19-11-5-12-20-39)33-36(2)34-44(46)30-26-40-21-13-6-14-22-40/h3-22,31-34H,23-30H2,1-2H3,(H2,48,49,50). The molecule has 50 heavy (non-hydrogen) atoms. The zero-order valence-corrected chi connectivity index (χ0v) is 29.4. The molecular formula is C47H48N2O. The molecule has 0 fully saturated rings. The van der Waals surface area contributed by atoms with E-state index in [0.717, 1.165) is 62.7 Å². The highest BCUT2D eigenvalue weighted by Crippen LogP contribution is 2.30. The maximum atomic E-state index is 14.2. The molecule has 0 atom stereocenters. The molecule has 3 nitrogen and oxygen atoms in total. The number of carbonyl (C=O) groups is 1. The minimum absolute atomic E-state index is 0.193. The van der Waals surface area contributed by atoms with E-state index < -0.39 is 0 Å². The highest BCUT2D eigenvalue weighted by atomic mass is 16.2. The van der Waals surface area contributed by atoms with Gasteiger partial charge in [0.25, 0.3) is 0 Å². The topological polar surface area (TPSA) is 41.1 Å². The van der Waals surface area contributed by atoms with Crippen molar-refractivity contribution < 1.29 is 4.79 Å². The summed E-state index contributed by atoms with van der Waals surface area (Å²) < 4.78 is 0. The van der Waals surface area contributed by atoms with Crippen LogP contribution in [0.2, 0.25) is 0 Å². The van der Waals surface area contributed by atoms with Gasteiger partial charge in [0.1, 0.15) is 0 Å². The lowest BCUT2D eigenvalue weighted by atomic mass is 9.94. The fraction of sp³-hybridized carbons (Fsp3) is 0.213. The SMILES string of the molecule is Cc1cc(CCc2ccccc2)c(NC(=O)Nc2c(CCc3ccccc3)cc(C)cc2CCc2ccccc2)c(CCc2ccccc2)c1. The van der Waals surface area contributed by atoms with Crippen molar-refractivity contribution in [2.45, 2.75) is 65.2 Å². The predicted molar refractivity (Wildman–Crippen MR) is 210 cm³/mol. The van der Waals surface area contributed by atoms with Crippen LogP contribution in [0.15, 0.2) is 146 Å². The number of rotatable bonds is 14. The van der Waals surface area contributed by atoms with Crippen molar-refractivity contribution in [2.24, 2.45) is 0 Å². The molecule has 0 aliphatic carbocycles. The molecule has 3 heteroatoms. The Balaban J connectivity index is 1.30. The van der Waals surface area contributed by atoms with Gasteiger partial charge in [-0.3, -0.25) is 0 Å². The second-order valence-corrected chi connectivity index (χ2v) is 13.4. The molecule has 0 aromatic heterocycles. The molecule has 0 radical (unpaired) electrons. The summed E-state index contributed by atoms with van der Waals surface area (Å²) in [6, 6.07) is 51.2. The number of benzene rings is 6. The van der Waals surface area contributed by atoms with Crippen molar-refractivity contribution in [1.29, 1.82) is 0 Å². The van der Waals surface area contributed by atoms with Gasteiger partial charge in [0, 0.05) is 11.4 Å². The molecule has 0 saturated heterocycles. The van der Waals surface area contributed by atoms with Crippen LogP contribution in [0.4, 0.5) is 16.2 Å². The van der Waals surface area contributed by atoms with Crippen molar-refractivity contribution in [3.8, 4) is 0 Å². The van der Waals surface area contributed by atoms with E-state index >= 15 is 0 Å². The summed E-state index contributed by atoms with van der Waals surface area (Å²) in [7, 11) is 0. The van der Waals surface area contributed by atoms with Crippen molar-refractivity contribution in [3.63, 3.8) is 0 Å². The molecule has 2 N–H and O–H groups in total. The van der Waals surface area contributed by atoms with Crippen molar-refractivity contribution in [3.05, 3.63) is 201 Å². The summed E-state index contributed by atoms with van der Waals surface area (Å²) in [6.45, 7) is 4.32. The molecule has 0 saturated carbocycles. The number of aryl methyl sites for hydroxylation is 10. The zero-order chi connectivity index (χ0) is 34.5. The first-order chi connectivity index (χ1) is 24.5. The van der Waals surface area contributed by atoms with Crippen molar-refractivity contribution in [1.82, 2.24) is 0 Å². The Bertz CT molecular complexity index is 1700. The highest BCUT2D eigenvalue weighted by Gasteiger charge is 2.18. The Kier molecular flexibility index (Phi) is 11.9. The number of nitrogens with one attached hydrogen (secondary N) is 2. The predicted octanol–water partition coefficient (Wildman–Crippen LogP) is 11.1. The van der Waals surface area contributed by atoms with E-state index in [0.29, 0.717) is 0 Å². The minimum atomic E-state index is -0.193. The van der Waals surface area contributed by atoms with E-state index in [4.69, 9.17) is 0 Å². The second-order valence-electron chi connectivity index (χ2n) is 13.4. The van der Waals surface area contributed by atoms with Gasteiger partial charge in [-0.05, 0) is 110 Å². The fourth-order valence-electron chi connectivity index (χ4n) is 6.95. The van der Waals surface area contributed by atoms with Crippen molar-refractivity contribution >= 4 is 17.4 Å². The Hall–Kier alpha value is -5.41. The van der Waals surface area contributed by atoms with E-state index in [1.165, 1.54) is 55.6 Å². The van der Waals surface area contributed by atoms with Gasteiger partial charge in [-0.15, -0.1) is 0 Å². The van der Waals surface area contributed by atoms with E-state index in [2.05, 4.69) is 170 Å². The Labute approximate surface area is 298 Å². The Morgan fingerprint density at radius 2 is 0.620 bits per heavy atom. The summed E-state index contributed by atoms with van der Waals surface area (Å²) in [5.74, 6) is 0. The lowest BCUT2D eigenvalue weighted by Crippen LogP contribution is -2.23. The first-order valence-electron chi connectivity index (χ1n) is 18.0. The van der Waals surface area contributed by atoms with Crippen LogP contribution in [0.5, 0.6) is 0 Å². The molecule has 0 heterocycles. The molecule has 6 aromatic rings. The third-order valence-electron chi connectivity index (χ3n) is 9.47. The first kappa shape index (κ1) is 34.5. The number of amides is 2. The van der Waals surface area contributed by atoms with E-state index in [1.807, 2.05) is 0 Å². The third-order valence-corrected chi connectivity index (χ3v) is 9.47. The van der Waals surface area contributed by atoms with E-state index in [-0.39, 0.29) is 6.03 Å². The maximum absolute atomic E-state index is 14.2. The first-order valence-corrected chi connectivity index (χ1v) is 18.0. The number of urea groups is 1. The van der Waals surface area contributed by atoms with Crippen LogP contribution in [0, 0.1) is 13.8 Å². The van der Waals surface area contributed by atoms with Crippen LogP contribution in [-0.4, -0.2) is 6.03 Å². The normalized spacial score (nSPS) is 10.9. The molecule has 0 spiro atoms. The van der Waals surface area contributed by atoms with Crippen LogP contribution in [0.25, 0.3) is 0 Å². The quantitative estimate of drug-likeness (QED) is 0.120. The van der Waals surface area contributed by atoms with Gasteiger partial charge in [-0.1, -0.05) is 157 Å². The molecule has 0 unspecified atom stereocenters. The largest absolute Gasteiger partial charge is 0.323 e. The Morgan fingerprint density at radius 1 is 0.380 bits per heavy atom. The monoisotopic (exact) mass is 656 g/mol. The average Bonchev–Trinajstić information content (AvgIpc) is 3.15. The molecule has 0 bridgehead atoms. The summed E-state index contributed by atoms with van der Waals surface area (Å²) in [6.07, 6.45) is 7.00. The van der Waals surface area contributed by atoms with E-state index in [1.54, 1.807) is 0 Å². The smallest absolute Gasteiger partial charge is 0.307 e. The van der Waals surface area contributed by atoms with Gasteiger partial charge in [-0.2, -0.15) is 0 Å². The third kappa shape index (κ3) is 9.83. The van der Waals surface area contributed by atoms with Crippen LogP contribution in [0.1, 0.15) is 55.6 Å². The number of hydrogen-bond acceptors (Lipinski definition) is 1. The molecule has 6 aromatic carbocycles. The number of anilines is 2. The lowest BCUT2D eigenvalue weighted by Gasteiger charge is -2.21. The van der Waals surface area contributed by atoms with Gasteiger partial charge in [0.15, 0.2) is 0 Å². The zero-order valence-electron chi connectivity index (χ0n) is 29.4. The highest BCUT2D eigenvalue weighted by molar-refractivity contribution is 6.02. The lowest BCUT2D eigenvalue weighted by molar-refractivity contribution is 0.262. The van der Waals surface area contributed by atoms with Gasteiger partial charge in [0.05, 0.1) is 0 Å². The van der Waals surface area contributed by atoms with E-state index in [9.17, 15) is 4.79 Å². The molecule has 252 valence electrons. The molecular weight excluding hydrogens is 609 g/mol. The summed E-state index contributed by atoms with van der Waals surface area (Å²) in [4.78, 5) is 14.2. The van der Waals surface area contributed by atoms with Crippen LogP contribution < -0.4 is 10.6 Å². The summed E-state index contributed by atoms with van der Waals surface area (Å²) in [5, 5.41) is 6.79. The number of carbonyl (C=O) groups excluding carboxylic acids is 1. The van der Waals surface area contributed by atoms with Crippen molar-refractivity contribution in [2.75, 3.05) is 10.6 Å². The fourth-order valence-corrected chi connectivity index (χ4v) is 6.95. The van der Waals surface area contributed by atoms with Gasteiger partial charge >= 0.3 is 6.03 Å². The summed E-state index contributed by atoms with van der Waals surface area (Å²) >= 11 is 0. The van der Waals surface area contributed by atoms with Gasteiger partial charge < -0.3 is 10.6 Å². The van der Waals surface area contributed by atoms with Gasteiger partial charge in [-0.25, -0.2) is 4.79 Å². The minimum Gasteiger partial charge on any atom is -0.307 e. The van der Waals surface area contributed by atoms with Gasteiger partial charge in [0.2, 0.25) is 0 Å². The Morgan fingerprint density at radius 3 is 0.860 bits per heavy atom. The molecule has 2 amide bonds. The maximum Gasteiger partial charge on any atom is 0.323 e. The average molecular weight is 657 g/mol. The molecule has 6 rings (SSSR count).